The Morgan fingerprint density at radius 1 is 0.800 bits per heavy atom. The summed E-state index contributed by atoms with van der Waals surface area (Å²) in [6.07, 6.45) is 6.99. The number of pyridine rings is 3. The van der Waals surface area contributed by atoms with Gasteiger partial charge in [0.1, 0.15) is 16.7 Å². The molecule has 148 valence electrons. The molecule has 3 heterocycles. The van der Waals surface area contributed by atoms with Gasteiger partial charge in [0.15, 0.2) is 0 Å². The lowest BCUT2D eigenvalue weighted by molar-refractivity contribution is 0.102. The maximum atomic E-state index is 12.7. The number of carbonyl (C=O) groups is 1. The van der Waals surface area contributed by atoms with Gasteiger partial charge >= 0.3 is 0 Å². The highest BCUT2D eigenvalue weighted by atomic mass is 32.2. The third-order valence-electron chi connectivity index (χ3n) is 4.35. The summed E-state index contributed by atoms with van der Waals surface area (Å²) in [4.78, 5) is 25.6. The van der Waals surface area contributed by atoms with Gasteiger partial charge in [-0.15, -0.1) is 11.8 Å². The molecule has 0 aliphatic heterocycles. The third-order valence-corrected chi connectivity index (χ3v) is 5.06. The minimum atomic E-state index is -0.238. The van der Waals surface area contributed by atoms with Crippen molar-refractivity contribution < 1.29 is 4.79 Å². The van der Waals surface area contributed by atoms with Gasteiger partial charge in [-0.1, -0.05) is 18.2 Å². The van der Waals surface area contributed by atoms with Crippen molar-refractivity contribution in [3.8, 4) is 11.1 Å². The fourth-order valence-electron chi connectivity index (χ4n) is 2.94. The Bertz CT molecular complexity index is 1170. The number of aromatic nitrogens is 3. The van der Waals surface area contributed by atoms with Gasteiger partial charge in [0.25, 0.3) is 5.91 Å². The van der Waals surface area contributed by atoms with Gasteiger partial charge in [0.2, 0.25) is 0 Å². The van der Waals surface area contributed by atoms with Crippen LogP contribution < -0.4 is 10.6 Å². The predicted octanol–water partition coefficient (Wildman–Crippen LogP) is 5.26. The lowest BCUT2D eigenvalue weighted by atomic mass is 10.1. The van der Waals surface area contributed by atoms with Crippen molar-refractivity contribution in [1.29, 1.82) is 0 Å². The molecule has 4 rings (SSSR count). The van der Waals surface area contributed by atoms with E-state index in [1.165, 1.54) is 11.8 Å². The summed E-state index contributed by atoms with van der Waals surface area (Å²) in [7, 11) is 0. The van der Waals surface area contributed by atoms with Gasteiger partial charge in [-0.3, -0.25) is 4.79 Å². The standard InChI is InChI=1S/C23H19N5OS/c1-30-23-19(8-5-11-26-23)22(29)28-21-15-17(10-13-25-21)16-9-12-24-20(14-16)27-18-6-3-2-4-7-18/h2-15H,1H3,(H,24,27)(H,25,28,29). The Balaban J connectivity index is 1.55. The van der Waals surface area contributed by atoms with E-state index >= 15 is 0 Å². The van der Waals surface area contributed by atoms with Crippen molar-refractivity contribution >= 4 is 35.0 Å². The Kier molecular flexibility index (Phi) is 6.01. The molecular formula is C23H19N5OS. The number of rotatable bonds is 6. The quantitative estimate of drug-likeness (QED) is 0.420. The highest BCUT2D eigenvalue weighted by Gasteiger charge is 2.13. The van der Waals surface area contributed by atoms with Crippen LogP contribution in [0.2, 0.25) is 0 Å². The second kappa shape index (κ2) is 9.19. The molecule has 3 aromatic heterocycles. The van der Waals surface area contributed by atoms with Crippen molar-refractivity contribution in [3.05, 3.63) is 90.9 Å². The third kappa shape index (κ3) is 4.64. The largest absolute Gasteiger partial charge is 0.340 e. The molecule has 2 N–H and O–H groups in total. The number of para-hydroxylation sites is 1. The molecule has 30 heavy (non-hydrogen) atoms. The second-order valence-electron chi connectivity index (χ2n) is 6.36. The highest BCUT2D eigenvalue weighted by molar-refractivity contribution is 7.98. The monoisotopic (exact) mass is 413 g/mol. The Labute approximate surface area is 178 Å². The molecule has 6 nitrogen and oxygen atoms in total. The number of nitrogens with zero attached hydrogens (tertiary/aromatic N) is 3. The summed E-state index contributed by atoms with van der Waals surface area (Å²) in [6.45, 7) is 0. The minimum absolute atomic E-state index is 0.238. The summed E-state index contributed by atoms with van der Waals surface area (Å²) < 4.78 is 0. The lowest BCUT2D eigenvalue weighted by Gasteiger charge is -2.10. The fourth-order valence-corrected chi connectivity index (χ4v) is 3.48. The lowest BCUT2D eigenvalue weighted by Crippen LogP contribution is -2.14. The van der Waals surface area contributed by atoms with Gasteiger partial charge in [0, 0.05) is 24.3 Å². The molecule has 0 atom stereocenters. The smallest absolute Gasteiger partial charge is 0.259 e. The predicted molar refractivity (Wildman–Crippen MR) is 121 cm³/mol. The van der Waals surface area contributed by atoms with Crippen molar-refractivity contribution in [3.63, 3.8) is 0 Å². The zero-order chi connectivity index (χ0) is 20.8. The van der Waals surface area contributed by atoms with Gasteiger partial charge in [-0.2, -0.15) is 0 Å². The molecule has 1 aromatic carbocycles. The first-order valence-electron chi connectivity index (χ1n) is 9.28. The normalized spacial score (nSPS) is 10.4. The molecule has 7 heteroatoms. The molecule has 0 aliphatic carbocycles. The van der Waals surface area contributed by atoms with Crippen molar-refractivity contribution in [2.45, 2.75) is 5.03 Å². The zero-order valence-corrected chi connectivity index (χ0v) is 17.1. The summed E-state index contributed by atoms with van der Waals surface area (Å²) in [5, 5.41) is 6.83. The van der Waals surface area contributed by atoms with Crippen LogP contribution in [-0.4, -0.2) is 27.1 Å². The van der Waals surface area contributed by atoms with Crippen molar-refractivity contribution in [1.82, 2.24) is 15.0 Å². The number of carbonyl (C=O) groups excluding carboxylic acids is 1. The molecule has 0 aliphatic rings. The fraction of sp³-hybridized carbons (Fsp3) is 0.0435. The summed E-state index contributed by atoms with van der Waals surface area (Å²) in [5.74, 6) is 0.974. The Morgan fingerprint density at radius 3 is 2.23 bits per heavy atom. The first-order chi connectivity index (χ1) is 14.7. The van der Waals surface area contributed by atoms with E-state index in [9.17, 15) is 4.79 Å². The highest BCUT2D eigenvalue weighted by Crippen LogP contribution is 2.25. The van der Waals surface area contributed by atoms with Crippen LogP contribution in [0.25, 0.3) is 11.1 Å². The van der Waals surface area contributed by atoms with E-state index in [0.29, 0.717) is 16.4 Å². The number of hydrogen-bond acceptors (Lipinski definition) is 6. The zero-order valence-electron chi connectivity index (χ0n) is 16.2. The number of hydrogen-bond donors (Lipinski definition) is 2. The first kappa shape index (κ1) is 19.6. The van der Waals surface area contributed by atoms with Crippen LogP contribution in [0.15, 0.2) is 90.3 Å². The molecule has 0 bridgehead atoms. The minimum Gasteiger partial charge on any atom is -0.340 e. The van der Waals surface area contributed by atoms with Crippen LogP contribution >= 0.6 is 11.8 Å². The van der Waals surface area contributed by atoms with Gasteiger partial charge < -0.3 is 10.6 Å². The van der Waals surface area contributed by atoms with Crippen LogP contribution in [0.1, 0.15) is 10.4 Å². The summed E-state index contributed by atoms with van der Waals surface area (Å²) >= 11 is 1.43. The molecule has 0 fully saturated rings. The molecule has 0 saturated heterocycles. The molecule has 0 spiro atoms. The van der Waals surface area contributed by atoms with Crippen molar-refractivity contribution in [2.75, 3.05) is 16.9 Å². The number of anilines is 3. The number of benzene rings is 1. The topological polar surface area (TPSA) is 79.8 Å². The molecular weight excluding hydrogens is 394 g/mol. The van der Waals surface area contributed by atoms with Crippen LogP contribution in [0.5, 0.6) is 0 Å². The van der Waals surface area contributed by atoms with Crippen LogP contribution in [0, 0.1) is 0 Å². The molecule has 0 radical (unpaired) electrons. The van der Waals surface area contributed by atoms with Crippen LogP contribution in [-0.2, 0) is 0 Å². The molecule has 0 unspecified atom stereocenters. The number of nitrogens with one attached hydrogen (secondary N) is 2. The van der Waals surface area contributed by atoms with E-state index in [1.54, 1.807) is 30.7 Å². The summed E-state index contributed by atoms with van der Waals surface area (Å²) in [6, 6.07) is 21.0. The van der Waals surface area contributed by atoms with E-state index < -0.39 is 0 Å². The maximum absolute atomic E-state index is 12.7. The Morgan fingerprint density at radius 2 is 1.50 bits per heavy atom. The average Bonchev–Trinajstić information content (AvgIpc) is 2.80. The van der Waals surface area contributed by atoms with E-state index in [-0.39, 0.29) is 5.91 Å². The van der Waals surface area contributed by atoms with E-state index in [1.807, 2.05) is 60.9 Å². The van der Waals surface area contributed by atoms with E-state index in [4.69, 9.17) is 0 Å². The van der Waals surface area contributed by atoms with E-state index in [0.717, 1.165) is 22.6 Å². The Hall–Kier alpha value is -3.71. The molecule has 1 amide bonds. The number of amides is 1. The SMILES string of the molecule is CSc1ncccc1C(=O)Nc1cc(-c2ccnc(Nc3ccccc3)c2)ccn1. The van der Waals surface area contributed by atoms with Gasteiger partial charge in [-0.05, 0) is 65.9 Å². The maximum Gasteiger partial charge on any atom is 0.259 e. The second-order valence-corrected chi connectivity index (χ2v) is 7.16. The average molecular weight is 414 g/mol. The van der Waals surface area contributed by atoms with Gasteiger partial charge in [0.05, 0.1) is 5.56 Å². The van der Waals surface area contributed by atoms with Crippen molar-refractivity contribution in [2.24, 2.45) is 0 Å². The van der Waals surface area contributed by atoms with E-state index in [2.05, 4.69) is 25.6 Å². The summed E-state index contributed by atoms with van der Waals surface area (Å²) in [5.41, 5.74) is 3.38. The number of thioether (sulfide) groups is 1. The van der Waals surface area contributed by atoms with Gasteiger partial charge in [-0.25, -0.2) is 15.0 Å². The van der Waals surface area contributed by atoms with Crippen LogP contribution in [0.4, 0.5) is 17.3 Å². The van der Waals surface area contributed by atoms with Crippen LogP contribution in [0.3, 0.4) is 0 Å². The molecule has 0 saturated carbocycles. The first-order valence-corrected chi connectivity index (χ1v) is 10.5. The molecule has 4 aromatic rings.